The van der Waals surface area contributed by atoms with Crippen LogP contribution in [0.25, 0.3) is 6.08 Å². The Morgan fingerprint density at radius 2 is 1.87 bits per heavy atom. The Labute approximate surface area is 183 Å². The van der Waals surface area contributed by atoms with Gasteiger partial charge in [-0.2, -0.15) is 18.4 Å². The number of allylic oxidation sites excluding steroid dienone is 1. The fourth-order valence-corrected chi connectivity index (χ4v) is 5.41. The molecule has 0 atom stereocenters. The molecule has 0 unspecified atom stereocenters. The first-order valence-corrected chi connectivity index (χ1v) is 11.6. The van der Waals surface area contributed by atoms with Gasteiger partial charge in [-0.05, 0) is 53.9 Å². The third-order valence-electron chi connectivity index (χ3n) is 3.71. The second-order valence-corrected chi connectivity index (χ2v) is 10.3. The number of pyridine rings is 1. The molecular weight excluding hydrogens is 477 g/mol. The van der Waals surface area contributed by atoms with Crippen molar-refractivity contribution in [1.29, 1.82) is 5.26 Å². The summed E-state index contributed by atoms with van der Waals surface area (Å²) in [5.41, 5.74) is -0.588. The summed E-state index contributed by atoms with van der Waals surface area (Å²) in [6.45, 7) is 0. The number of rotatable bonds is 5. The third-order valence-corrected chi connectivity index (χ3v) is 7.73. The molecule has 0 fully saturated rings. The van der Waals surface area contributed by atoms with Crippen LogP contribution in [0.1, 0.15) is 11.1 Å². The van der Waals surface area contributed by atoms with Gasteiger partial charge in [-0.1, -0.05) is 23.4 Å². The maximum Gasteiger partial charge on any atom is 0.417 e. The Morgan fingerprint density at radius 3 is 2.43 bits per heavy atom. The Bertz CT molecular complexity index is 1230. The summed E-state index contributed by atoms with van der Waals surface area (Å²) in [6.07, 6.45) is -3.04. The standard InChI is InChI=1S/C19H10ClF3N2O2S3/c20-14-2-4-15(5-3-14)29-18-12(7-8-28-18)9-16(10-24)30(26,27)17-6-1-13(11-25-17)19(21,22)23/h1-9,11H/b16-9+. The van der Waals surface area contributed by atoms with Gasteiger partial charge in [0.05, 0.1) is 9.77 Å². The van der Waals surface area contributed by atoms with Crippen LogP contribution in [0.3, 0.4) is 0 Å². The number of nitriles is 1. The molecule has 11 heteroatoms. The lowest BCUT2D eigenvalue weighted by Crippen LogP contribution is -2.09. The first-order chi connectivity index (χ1) is 14.1. The minimum Gasteiger partial charge on any atom is -0.244 e. The average Bonchev–Trinajstić information content (AvgIpc) is 3.13. The highest BCUT2D eigenvalue weighted by Crippen LogP contribution is 2.37. The number of hydrogen-bond acceptors (Lipinski definition) is 6. The van der Waals surface area contributed by atoms with Gasteiger partial charge in [0.15, 0.2) is 9.93 Å². The monoisotopic (exact) mass is 486 g/mol. The summed E-state index contributed by atoms with van der Waals surface area (Å²) >= 11 is 8.58. The van der Waals surface area contributed by atoms with Crippen molar-refractivity contribution >= 4 is 50.6 Å². The van der Waals surface area contributed by atoms with Crippen LogP contribution in [0.5, 0.6) is 0 Å². The molecule has 2 heterocycles. The van der Waals surface area contributed by atoms with Gasteiger partial charge in [0, 0.05) is 21.7 Å². The molecule has 3 rings (SSSR count). The fraction of sp³-hybridized carbons (Fsp3) is 0.0526. The van der Waals surface area contributed by atoms with E-state index in [-0.39, 0.29) is 0 Å². The molecule has 2 aromatic heterocycles. The van der Waals surface area contributed by atoms with Gasteiger partial charge in [-0.3, -0.25) is 0 Å². The molecule has 154 valence electrons. The number of sulfone groups is 1. The van der Waals surface area contributed by atoms with Gasteiger partial charge in [0.2, 0.25) is 9.84 Å². The molecule has 0 spiro atoms. The number of hydrogen-bond donors (Lipinski definition) is 0. The molecule has 0 amide bonds. The van der Waals surface area contributed by atoms with Gasteiger partial charge in [-0.25, -0.2) is 13.4 Å². The molecule has 0 radical (unpaired) electrons. The van der Waals surface area contributed by atoms with Crippen molar-refractivity contribution in [2.75, 3.05) is 0 Å². The Kier molecular flexibility index (Phi) is 6.57. The van der Waals surface area contributed by atoms with E-state index >= 15 is 0 Å². The highest BCUT2D eigenvalue weighted by Gasteiger charge is 2.32. The predicted molar refractivity (Wildman–Crippen MR) is 110 cm³/mol. The van der Waals surface area contributed by atoms with Gasteiger partial charge >= 0.3 is 6.18 Å². The second kappa shape index (κ2) is 8.81. The zero-order chi connectivity index (χ0) is 21.9. The quantitative estimate of drug-likeness (QED) is 0.395. The van der Waals surface area contributed by atoms with Crippen molar-refractivity contribution in [2.24, 2.45) is 0 Å². The van der Waals surface area contributed by atoms with E-state index in [2.05, 4.69) is 4.98 Å². The molecule has 0 saturated heterocycles. The third kappa shape index (κ3) is 5.05. The topological polar surface area (TPSA) is 70.8 Å². The van der Waals surface area contributed by atoms with E-state index in [1.54, 1.807) is 41.8 Å². The van der Waals surface area contributed by atoms with Crippen LogP contribution in [0.2, 0.25) is 5.02 Å². The molecule has 3 aromatic rings. The van der Waals surface area contributed by atoms with Crippen LogP contribution < -0.4 is 0 Å². The van der Waals surface area contributed by atoms with Gasteiger partial charge in [-0.15, -0.1) is 11.3 Å². The highest BCUT2D eigenvalue weighted by molar-refractivity contribution is 8.01. The maximum atomic E-state index is 12.7. The summed E-state index contributed by atoms with van der Waals surface area (Å²) < 4.78 is 64.2. The lowest BCUT2D eigenvalue weighted by atomic mass is 10.3. The summed E-state index contributed by atoms with van der Waals surface area (Å²) in [6, 6.07) is 11.6. The van der Waals surface area contributed by atoms with Crippen molar-refractivity contribution in [3.05, 3.63) is 75.1 Å². The van der Waals surface area contributed by atoms with E-state index in [0.29, 0.717) is 22.8 Å². The van der Waals surface area contributed by atoms with E-state index in [4.69, 9.17) is 11.6 Å². The van der Waals surface area contributed by atoms with Gasteiger partial charge in [0.25, 0.3) is 0 Å². The van der Waals surface area contributed by atoms with Crippen LogP contribution in [-0.2, 0) is 16.0 Å². The van der Waals surface area contributed by atoms with E-state index < -0.39 is 31.5 Å². The number of alkyl halides is 3. The molecule has 1 aromatic carbocycles. The summed E-state index contributed by atoms with van der Waals surface area (Å²) in [5, 5.41) is 11.1. The van der Waals surface area contributed by atoms with E-state index in [1.165, 1.54) is 29.2 Å². The van der Waals surface area contributed by atoms with Crippen LogP contribution in [0, 0.1) is 11.3 Å². The SMILES string of the molecule is N#C/C(=C\c1ccsc1Sc1ccc(Cl)cc1)S(=O)(=O)c1ccc(C(F)(F)F)cn1. The molecule has 0 saturated carbocycles. The first kappa shape index (κ1) is 22.4. The molecule has 0 aliphatic heterocycles. The first-order valence-electron chi connectivity index (χ1n) is 8.02. The Morgan fingerprint density at radius 1 is 1.17 bits per heavy atom. The van der Waals surface area contributed by atoms with E-state index in [9.17, 15) is 26.9 Å². The molecule has 0 aliphatic carbocycles. The smallest absolute Gasteiger partial charge is 0.244 e. The maximum absolute atomic E-state index is 12.7. The van der Waals surface area contributed by atoms with Crippen molar-refractivity contribution < 1.29 is 21.6 Å². The van der Waals surface area contributed by atoms with E-state index in [0.717, 1.165) is 15.2 Å². The minimum absolute atomic E-state index is 0.425. The van der Waals surface area contributed by atoms with Crippen molar-refractivity contribution in [1.82, 2.24) is 4.98 Å². The van der Waals surface area contributed by atoms with Crippen LogP contribution >= 0.6 is 34.7 Å². The molecule has 0 N–H and O–H groups in total. The van der Waals surface area contributed by atoms with E-state index in [1.807, 2.05) is 0 Å². The zero-order valence-electron chi connectivity index (χ0n) is 14.7. The summed E-state index contributed by atoms with van der Waals surface area (Å²) in [5.74, 6) is 0. The second-order valence-electron chi connectivity index (χ2n) is 5.73. The number of nitrogens with zero attached hydrogens (tertiary/aromatic N) is 2. The lowest BCUT2D eigenvalue weighted by Gasteiger charge is -2.07. The Hall–Kier alpha value is -2.32. The molecule has 4 nitrogen and oxygen atoms in total. The summed E-state index contributed by atoms with van der Waals surface area (Å²) in [7, 11) is -4.39. The number of aromatic nitrogens is 1. The number of benzene rings is 1. The van der Waals surface area contributed by atoms with Crippen molar-refractivity contribution in [3.8, 4) is 6.07 Å². The number of halogens is 4. The van der Waals surface area contributed by atoms with Gasteiger partial charge in [0.1, 0.15) is 6.07 Å². The Balaban J connectivity index is 1.93. The lowest BCUT2D eigenvalue weighted by molar-refractivity contribution is -0.137. The normalized spacial score (nSPS) is 12.6. The fourth-order valence-electron chi connectivity index (χ4n) is 2.24. The summed E-state index contributed by atoms with van der Waals surface area (Å²) in [4.78, 5) is 3.64. The molecular formula is C19H10ClF3N2O2S3. The van der Waals surface area contributed by atoms with Crippen molar-refractivity contribution in [2.45, 2.75) is 20.3 Å². The highest BCUT2D eigenvalue weighted by atomic mass is 35.5. The van der Waals surface area contributed by atoms with Crippen LogP contribution in [0.15, 0.2) is 73.1 Å². The number of thiophene rings is 1. The molecule has 0 aliphatic rings. The largest absolute Gasteiger partial charge is 0.417 e. The minimum atomic E-state index is -4.65. The van der Waals surface area contributed by atoms with Crippen LogP contribution in [-0.4, -0.2) is 13.4 Å². The van der Waals surface area contributed by atoms with Gasteiger partial charge < -0.3 is 0 Å². The zero-order valence-corrected chi connectivity index (χ0v) is 17.9. The molecule has 0 bridgehead atoms. The predicted octanol–water partition coefficient (Wildman–Crippen LogP) is 6.30. The average molecular weight is 487 g/mol. The molecule has 30 heavy (non-hydrogen) atoms. The van der Waals surface area contributed by atoms with Crippen molar-refractivity contribution in [3.63, 3.8) is 0 Å². The van der Waals surface area contributed by atoms with Crippen LogP contribution in [0.4, 0.5) is 13.2 Å².